The maximum absolute atomic E-state index is 3.84. The third kappa shape index (κ3) is 4.00. The quantitative estimate of drug-likeness (QED) is 0.411. The van der Waals surface area contributed by atoms with E-state index in [0.717, 1.165) is 12.8 Å². The molecule has 0 saturated heterocycles. The van der Waals surface area contributed by atoms with E-state index in [1.165, 1.54) is 59.6 Å². The monoisotopic (exact) mass is 354 g/mol. The minimum absolute atomic E-state index is 0.649. The largest absolute Gasteiger partial charge is 0.103 e. The molecule has 0 heterocycles. The fourth-order valence-electron chi connectivity index (χ4n) is 4.53. The summed E-state index contributed by atoms with van der Waals surface area (Å²) in [6.45, 7) is 6.09. The molecule has 0 fully saturated rings. The normalized spacial score (nSPS) is 16.3. The number of fused-ring (bicyclic) bond motifs is 2. The Hall–Kier alpha value is -2.34. The van der Waals surface area contributed by atoms with E-state index in [1.807, 2.05) is 6.08 Å². The van der Waals surface area contributed by atoms with Gasteiger partial charge in [-0.3, -0.25) is 0 Å². The Bertz CT molecular complexity index is 947. The summed E-state index contributed by atoms with van der Waals surface area (Å²) in [5, 5.41) is 2.77. The van der Waals surface area contributed by atoms with E-state index in [4.69, 9.17) is 0 Å². The summed E-state index contributed by atoms with van der Waals surface area (Å²) in [5.74, 6) is 0.649. The van der Waals surface area contributed by atoms with E-state index in [-0.39, 0.29) is 0 Å². The number of allylic oxidation sites excluding steroid dienone is 1. The zero-order chi connectivity index (χ0) is 18.6. The first-order chi connectivity index (χ1) is 13.3. The first-order valence-corrected chi connectivity index (χ1v) is 10.5. The maximum Gasteiger partial charge on any atom is -0.0118 e. The number of rotatable bonds is 6. The fourth-order valence-corrected chi connectivity index (χ4v) is 4.53. The summed E-state index contributed by atoms with van der Waals surface area (Å²) in [5.41, 5.74) is 7.54. The predicted octanol–water partition coefficient (Wildman–Crippen LogP) is 7.18. The summed E-state index contributed by atoms with van der Waals surface area (Å²) < 4.78 is 0. The van der Waals surface area contributed by atoms with E-state index >= 15 is 0 Å². The molecule has 0 nitrogen and oxygen atoms in total. The van der Waals surface area contributed by atoms with Crippen molar-refractivity contribution in [3.05, 3.63) is 95.1 Å². The molecule has 0 amide bonds. The number of aryl methyl sites for hydroxylation is 3. The Morgan fingerprint density at radius 1 is 0.889 bits per heavy atom. The highest BCUT2D eigenvalue weighted by atomic mass is 14.2. The van der Waals surface area contributed by atoms with Crippen LogP contribution in [0.1, 0.15) is 59.9 Å². The summed E-state index contributed by atoms with van der Waals surface area (Å²) >= 11 is 0. The summed E-state index contributed by atoms with van der Waals surface area (Å²) in [6.07, 6.45) is 10.2. The second-order valence-electron chi connectivity index (χ2n) is 8.06. The van der Waals surface area contributed by atoms with E-state index < -0.39 is 0 Å². The fraction of sp³-hybridized carbons (Fsp3) is 0.333. The van der Waals surface area contributed by atoms with Crippen molar-refractivity contribution in [3.8, 4) is 0 Å². The van der Waals surface area contributed by atoms with Gasteiger partial charge in [-0.15, -0.1) is 6.58 Å². The molecule has 0 spiro atoms. The Morgan fingerprint density at radius 2 is 1.67 bits per heavy atom. The van der Waals surface area contributed by atoms with Crippen LogP contribution in [-0.2, 0) is 25.7 Å². The first-order valence-electron chi connectivity index (χ1n) is 10.5. The molecule has 27 heavy (non-hydrogen) atoms. The zero-order valence-electron chi connectivity index (χ0n) is 16.5. The van der Waals surface area contributed by atoms with Crippen molar-refractivity contribution in [2.45, 2.75) is 57.8 Å². The average molecular weight is 355 g/mol. The minimum atomic E-state index is 0.649. The highest BCUT2D eigenvalue weighted by molar-refractivity contribution is 5.84. The van der Waals surface area contributed by atoms with Crippen LogP contribution in [-0.4, -0.2) is 0 Å². The van der Waals surface area contributed by atoms with E-state index in [2.05, 4.69) is 68.1 Å². The SMILES string of the molecule is C=CCCc1ccc2c(c1)CCC(c1ccc3cc(CCC)ccc3c1)C2. The first kappa shape index (κ1) is 18.0. The third-order valence-electron chi connectivity index (χ3n) is 6.08. The van der Waals surface area contributed by atoms with Gasteiger partial charge in [-0.25, -0.2) is 0 Å². The van der Waals surface area contributed by atoms with Crippen molar-refractivity contribution >= 4 is 10.8 Å². The van der Waals surface area contributed by atoms with Crippen molar-refractivity contribution in [1.82, 2.24) is 0 Å². The molecule has 1 aliphatic rings. The zero-order valence-corrected chi connectivity index (χ0v) is 16.5. The van der Waals surface area contributed by atoms with Crippen molar-refractivity contribution < 1.29 is 0 Å². The van der Waals surface area contributed by atoms with Gasteiger partial charge in [0, 0.05) is 0 Å². The Kier molecular flexibility index (Phi) is 5.43. The lowest BCUT2D eigenvalue weighted by Gasteiger charge is -2.26. The van der Waals surface area contributed by atoms with Crippen LogP contribution in [0, 0.1) is 0 Å². The number of benzene rings is 3. The van der Waals surface area contributed by atoms with Crippen LogP contribution in [0.15, 0.2) is 67.3 Å². The molecule has 1 aliphatic carbocycles. The lowest BCUT2D eigenvalue weighted by molar-refractivity contribution is 0.585. The standard InChI is InChI=1S/C27H30/c1-3-5-7-21-9-11-25-19-27(15-13-23(25)17-21)26-14-12-22-16-20(6-4-2)8-10-24(22)18-26/h3,8-12,14,16-18,27H,1,4-7,13,15,19H2,2H3. The van der Waals surface area contributed by atoms with Crippen molar-refractivity contribution in [2.75, 3.05) is 0 Å². The van der Waals surface area contributed by atoms with Gasteiger partial charge in [0.15, 0.2) is 0 Å². The van der Waals surface area contributed by atoms with Gasteiger partial charge in [0.2, 0.25) is 0 Å². The Morgan fingerprint density at radius 3 is 2.52 bits per heavy atom. The average Bonchev–Trinajstić information content (AvgIpc) is 2.71. The van der Waals surface area contributed by atoms with Gasteiger partial charge < -0.3 is 0 Å². The van der Waals surface area contributed by atoms with Gasteiger partial charge in [-0.1, -0.05) is 74.0 Å². The molecule has 0 radical (unpaired) electrons. The minimum Gasteiger partial charge on any atom is -0.103 e. The summed E-state index contributed by atoms with van der Waals surface area (Å²) in [6, 6.07) is 21.2. The van der Waals surface area contributed by atoms with Gasteiger partial charge in [0.05, 0.1) is 0 Å². The Labute approximate surface area is 163 Å². The van der Waals surface area contributed by atoms with E-state index in [9.17, 15) is 0 Å². The van der Waals surface area contributed by atoms with Crippen LogP contribution in [0.4, 0.5) is 0 Å². The van der Waals surface area contributed by atoms with Gasteiger partial charge in [0.25, 0.3) is 0 Å². The second-order valence-corrected chi connectivity index (χ2v) is 8.06. The van der Waals surface area contributed by atoms with Crippen LogP contribution in [0.25, 0.3) is 10.8 Å². The molecule has 3 aromatic rings. The second kappa shape index (κ2) is 8.13. The van der Waals surface area contributed by atoms with Gasteiger partial charge >= 0.3 is 0 Å². The van der Waals surface area contributed by atoms with Crippen molar-refractivity contribution in [1.29, 1.82) is 0 Å². The molecule has 0 bridgehead atoms. The van der Waals surface area contributed by atoms with Crippen molar-refractivity contribution in [2.24, 2.45) is 0 Å². The van der Waals surface area contributed by atoms with Gasteiger partial charge in [-0.2, -0.15) is 0 Å². The lowest BCUT2D eigenvalue weighted by Crippen LogP contribution is -2.13. The summed E-state index contributed by atoms with van der Waals surface area (Å²) in [7, 11) is 0. The number of hydrogen-bond acceptors (Lipinski definition) is 0. The molecule has 4 rings (SSSR count). The van der Waals surface area contributed by atoms with Crippen LogP contribution in [0.2, 0.25) is 0 Å². The highest BCUT2D eigenvalue weighted by Crippen LogP contribution is 2.34. The summed E-state index contributed by atoms with van der Waals surface area (Å²) in [4.78, 5) is 0. The van der Waals surface area contributed by atoms with Crippen LogP contribution in [0.5, 0.6) is 0 Å². The molecule has 0 saturated carbocycles. The molecule has 3 aromatic carbocycles. The van der Waals surface area contributed by atoms with Crippen LogP contribution < -0.4 is 0 Å². The molecule has 0 aliphatic heterocycles. The van der Waals surface area contributed by atoms with Crippen LogP contribution in [0.3, 0.4) is 0 Å². The molecular weight excluding hydrogens is 324 g/mol. The topological polar surface area (TPSA) is 0 Å². The smallest absolute Gasteiger partial charge is 0.0118 e. The van der Waals surface area contributed by atoms with Gasteiger partial charge in [0.1, 0.15) is 0 Å². The van der Waals surface area contributed by atoms with E-state index in [0.29, 0.717) is 5.92 Å². The van der Waals surface area contributed by atoms with Crippen LogP contribution >= 0.6 is 0 Å². The molecule has 1 unspecified atom stereocenters. The van der Waals surface area contributed by atoms with Gasteiger partial charge in [-0.05, 0) is 83.0 Å². The number of hydrogen-bond donors (Lipinski definition) is 0. The van der Waals surface area contributed by atoms with Crippen molar-refractivity contribution in [3.63, 3.8) is 0 Å². The third-order valence-corrected chi connectivity index (χ3v) is 6.08. The highest BCUT2D eigenvalue weighted by Gasteiger charge is 2.20. The molecule has 138 valence electrons. The maximum atomic E-state index is 3.84. The van der Waals surface area contributed by atoms with E-state index in [1.54, 1.807) is 11.1 Å². The molecule has 0 heteroatoms. The molecule has 0 aromatic heterocycles. The molecular formula is C27H30. The predicted molar refractivity (Wildman–Crippen MR) is 118 cm³/mol. The molecule has 1 atom stereocenters. The molecule has 0 N–H and O–H groups in total. The Balaban J connectivity index is 1.54. The lowest BCUT2D eigenvalue weighted by atomic mass is 9.79.